The molecular formula is C14H8Cl2FNOS. The molecule has 2 rings (SSSR count). The van der Waals surface area contributed by atoms with Crippen molar-refractivity contribution < 1.29 is 8.60 Å². The quantitative estimate of drug-likeness (QED) is 0.842. The molecule has 0 aliphatic rings. The first-order chi connectivity index (χ1) is 9.51. The van der Waals surface area contributed by atoms with E-state index in [1.807, 2.05) is 6.07 Å². The van der Waals surface area contributed by atoms with Crippen LogP contribution in [-0.4, -0.2) is 4.21 Å². The minimum absolute atomic E-state index is 0.0403. The molecule has 0 aliphatic carbocycles. The molecule has 0 saturated carbocycles. The molecule has 0 heterocycles. The summed E-state index contributed by atoms with van der Waals surface area (Å²) in [6.45, 7) is 0. The van der Waals surface area contributed by atoms with Crippen molar-refractivity contribution >= 4 is 34.0 Å². The van der Waals surface area contributed by atoms with Crippen LogP contribution in [0.25, 0.3) is 0 Å². The zero-order chi connectivity index (χ0) is 14.7. The third-order valence-corrected chi connectivity index (χ3v) is 4.72. The lowest BCUT2D eigenvalue weighted by molar-refractivity contribution is 0.626. The molecule has 0 N–H and O–H groups in total. The van der Waals surface area contributed by atoms with E-state index in [4.69, 9.17) is 28.5 Å². The molecule has 0 amide bonds. The van der Waals surface area contributed by atoms with Gasteiger partial charge in [0.25, 0.3) is 0 Å². The van der Waals surface area contributed by atoms with E-state index in [0.29, 0.717) is 26.1 Å². The molecule has 0 aliphatic heterocycles. The van der Waals surface area contributed by atoms with Gasteiger partial charge in [0.05, 0.1) is 38.2 Å². The minimum Gasteiger partial charge on any atom is -0.254 e. The molecule has 20 heavy (non-hydrogen) atoms. The Balaban J connectivity index is 2.30. The van der Waals surface area contributed by atoms with Gasteiger partial charge in [0.2, 0.25) is 0 Å². The molecule has 6 heteroatoms. The molecule has 0 radical (unpaired) electrons. The third kappa shape index (κ3) is 3.37. The third-order valence-electron chi connectivity index (χ3n) is 2.63. The van der Waals surface area contributed by atoms with Crippen molar-refractivity contribution in [2.24, 2.45) is 0 Å². The maximum atomic E-state index is 13.2. The Hall–Kier alpha value is -1.41. The minimum atomic E-state index is -1.43. The van der Waals surface area contributed by atoms with Crippen LogP contribution in [0.5, 0.6) is 0 Å². The number of halogens is 3. The number of nitrogens with zero attached hydrogens (tertiary/aromatic N) is 1. The van der Waals surface area contributed by atoms with Crippen LogP contribution in [0.4, 0.5) is 4.39 Å². The molecular weight excluding hydrogens is 320 g/mol. The second-order valence-electron chi connectivity index (χ2n) is 3.98. The normalized spacial score (nSPS) is 11.9. The van der Waals surface area contributed by atoms with Crippen LogP contribution in [0.3, 0.4) is 0 Å². The molecule has 0 bridgehead atoms. The van der Waals surface area contributed by atoms with Crippen LogP contribution in [0.15, 0.2) is 41.3 Å². The number of hydrogen-bond donors (Lipinski definition) is 0. The predicted octanol–water partition coefficient (Wildman–Crippen LogP) is 4.31. The van der Waals surface area contributed by atoms with Gasteiger partial charge in [-0.15, -0.1) is 0 Å². The molecule has 0 spiro atoms. The van der Waals surface area contributed by atoms with Gasteiger partial charge >= 0.3 is 0 Å². The van der Waals surface area contributed by atoms with Crippen molar-refractivity contribution in [1.82, 2.24) is 0 Å². The number of hydrogen-bond acceptors (Lipinski definition) is 2. The summed E-state index contributed by atoms with van der Waals surface area (Å²) in [6.07, 6.45) is 0. The van der Waals surface area contributed by atoms with E-state index >= 15 is 0 Å². The summed E-state index contributed by atoms with van der Waals surface area (Å²) in [5.74, 6) is -0.427. The van der Waals surface area contributed by atoms with E-state index in [2.05, 4.69) is 0 Å². The van der Waals surface area contributed by atoms with Gasteiger partial charge in [0.15, 0.2) is 0 Å². The van der Waals surface area contributed by atoms with Crippen LogP contribution in [0.2, 0.25) is 10.0 Å². The first kappa shape index (κ1) is 15.0. The summed E-state index contributed by atoms with van der Waals surface area (Å²) < 4.78 is 25.4. The molecule has 2 aromatic carbocycles. The average Bonchev–Trinajstić information content (AvgIpc) is 2.42. The lowest BCUT2D eigenvalue weighted by atomic mass is 10.1. The molecule has 0 fully saturated rings. The Labute approximate surface area is 128 Å². The highest BCUT2D eigenvalue weighted by atomic mass is 35.5. The van der Waals surface area contributed by atoms with Gasteiger partial charge in [-0.2, -0.15) is 5.26 Å². The molecule has 1 unspecified atom stereocenters. The summed E-state index contributed by atoms with van der Waals surface area (Å²) in [4.78, 5) is 0.479. The number of rotatable bonds is 3. The fourth-order valence-electron chi connectivity index (χ4n) is 1.63. The maximum Gasteiger partial charge on any atom is 0.123 e. The predicted molar refractivity (Wildman–Crippen MR) is 77.7 cm³/mol. The largest absolute Gasteiger partial charge is 0.254 e. The van der Waals surface area contributed by atoms with Gasteiger partial charge in [0.1, 0.15) is 5.82 Å². The van der Waals surface area contributed by atoms with E-state index in [9.17, 15) is 8.60 Å². The highest BCUT2D eigenvalue weighted by molar-refractivity contribution is 7.84. The standard InChI is InChI=1S/C14H8Cl2FNOS/c15-13-4-3-12(6-14(13)16)20(19)8-10-5-11(17)2-1-9(10)7-18/h1-6H,8H2. The first-order valence-corrected chi connectivity index (χ1v) is 7.60. The Morgan fingerprint density at radius 3 is 2.55 bits per heavy atom. The molecule has 2 aromatic rings. The fourth-order valence-corrected chi connectivity index (χ4v) is 3.15. The highest BCUT2D eigenvalue weighted by Gasteiger charge is 2.11. The first-order valence-electron chi connectivity index (χ1n) is 5.53. The van der Waals surface area contributed by atoms with E-state index in [-0.39, 0.29) is 5.75 Å². The molecule has 0 saturated heterocycles. The van der Waals surface area contributed by atoms with Crippen molar-refractivity contribution in [1.29, 1.82) is 5.26 Å². The highest BCUT2D eigenvalue weighted by Crippen LogP contribution is 2.25. The average molecular weight is 328 g/mol. The van der Waals surface area contributed by atoms with Gasteiger partial charge < -0.3 is 0 Å². The van der Waals surface area contributed by atoms with Gasteiger partial charge in [-0.1, -0.05) is 23.2 Å². The van der Waals surface area contributed by atoms with Crippen molar-refractivity contribution in [2.75, 3.05) is 0 Å². The zero-order valence-electron chi connectivity index (χ0n) is 10.1. The summed E-state index contributed by atoms with van der Waals surface area (Å²) >= 11 is 11.7. The molecule has 2 nitrogen and oxygen atoms in total. The Bertz CT molecular complexity index is 728. The van der Waals surface area contributed by atoms with Gasteiger partial charge in [0, 0.05) is 4.90 Å². The van der Waals surface area contributed by atoms with Crippen molar-refractivity contribution in [2.45, 2.75) is 10.6 Å². The van der Waals surface area contributed by atoms with E-state index in [1.165, 1.54) is 24.3 Å². The van der Waals surface area contributed by atoms with Gasteiger partial charge in [-0.3, -0.25) is 4.21 Å². The second-order valence-corrected chi connectivity index (χ2v) is 6.24. The Morgan fingerprint density at radius 1 is 1.15 bits per heavy atom. The van der Waals surface area contributed by atoms with Crippen LogP contribution in [0.1, 0.15) is 11.1 Å². The summed E-state index contributed by atoms with van der Waals surface area (Å²) in [5, 5.41) is 9.64. The van der Waals surface area contributed by atoms with E-state index in [1.54, 1.807) is 12.1 Å². The second kappa shape index (κ2) is 6.36. The maximum absolute atomic E-state index is 13.2. The molecule has 102 valence electrons. The SMILES string of the molecule is N#Cc1ccc(F)cc1CS(=O)c1ccc(Cl)c(Cl)c1. The van der Waals surface area contributed by atoms with Crippen LogP contribution in [-0.2, 0) is 16.6 Å². The van der Waals surface area contributed by atoms with Crippen LogP contribution in [0, 0.1) is 17.1 Å². The van der Waals surface area contributed by atoms with Crippen molar-refractivity contribution in [3.8, 4) is 6.07 Å². The van der Waals surface area contributed by atoms with Crippen molar-refractivity contribution in [3.05, 3.63) is 63.4 Å². The lowest BCUT2D eigenvalue weighted by Crippen LogP contribution is -2.00. The summed E-state index contributed by atoms with van der Waals surface area (Å²) in [5.41, 5.74) is 0.705. The summed E-state index contributed by atoms with van der Waals surface area (Å²) in [7, 11) is -1.43. The molecule has 0 aromatic heterocycles. The van der Waals surface area contributed by atoms with Crippen LogP contribution < -0.4 is 0 Å². The molecule has 1 atom stereocenters. The lowest BCUT2D eigenvalue weighted by Gasteiger charge is -2.06. The van der Waals surface area contributed by atoms with Gasteiger partial charge in [-0.05, 0) is 42.0 Å². The topological polar surface area (TPSA) is 40.9 Å². The number of nitriles is 1. The Kier molecular flexibility index (Phi) is 4.77. The fraction of sp³-hybridized carbons (Fsp3) is 0.0714. The smallest absolute Gasteiger partial charge is 0.123 e. The van der Waals surface area contributed by atoms with Crippen molar-refractivity contribution in [3.63, 3.8) is 0 Å². The van der Waals surface area contributed by atoms with Crippen LogP contribution >= 0.6 is 23.2 Å². The summed E-state index contributed by atoms with van der Waals surface area (Å²) in [6, 6.07) is 10.4. The number of benzene rings is 2. The van der Waals surface area contributed by atoms with E-state index < -0.39 is 16.6 Å². The zero-order valence-corrected chi connectivity index (χ0v) is 12.4. The monoisotopic (exact) mass is 327 g/mol. The Morgan fingerprint density at radius 2 is 1.90 bits per heavy atom. The van der Waals surface area contributed by atoms with E-state index in [0.717, 1.165) is 0 Å². The van der Waals surface area contributed by atoms with Gasteiger partial charge in [-0.25, -0.2) is 4.39 Å².